The lowest BCUT2D eigenvalue weighted by Crippen LogP contribution is -2.33. The van der Waals surface area contributed by atoms with Crippen LogP contribution in [0.1, 0.15) is 28.2 Å². The average Bonchev–Trinajstić information content (AvgIpc) is 3.38. The minimum atomic E-state index is -4.54. The van der Waals surface area contributed by atoms with Crippen molar-refractivity contribution in [2.24, 2.45) is 0 Å². The highest BCUT2D eigenvalue weighted by atomic mass is 79.9. The zero-order valence-corrected chi connectivity index (χ0v) is 19.8. The van der Waals surface area contributed by atoms with Crippen LogP contribution in [0.4, 0.5) is 13.2 Å². The van der Waals surface area contributed by atoms with E-state index in [9.17, 15) is 13.2 Å². The topological polar surface area (TPSA) is 43.6 Å². The van der Waals surface area contributed by atoms with Crippen molar-refractivity contribution in [1.29, 1.82) is 0 Å². The smallest absolute Gasteiger partial charge is 0.244 e. The highest BCUT2D eigenvalue weighted by molar-refractivity contribution is 9.10. The van der Waals surface area contributed by atoms with Gasteiger partial charge in [-0.15, -0.1) is 0 Å². The lowest BCUT2D eigenvalue weighted by Gasteiger charge is -2.34. The van der Waals surface area contributed by atoms with E-state index in [-0.39, 0.29) is 5.82 Å². The summed E-state index contributed by atoms with van der Waals surface area (Å²) < 4.78 is 41.3. The Morgan fingerprint density at radius 1 is 0.600 bits per heavy atom. The van der Waals surface area contributed by atoms with Gasteiger partial charge in [-0.1, -0.05) is 72.8 Å². The molecule has 5 aromatic rings. The SMILES string of the molecule is FC(F)(F)c1ccn(-c2cccc(C(c3ccccc3)(c3ccccc3)c3cccc(Br)n3)n2)n1. The van der Waals surface area contributed by atoms with Crippen molar-refractivity contribution >= 4 is 15.9 Å². The molecular formula is C27H18BrF3N4. The molecule has 35 heavy (non-hydrogen) atoms. The maximum absolute atomic E-state index is 13.2. The number of hydrogen-bond donors (Lipinski definition) is 0. The summed E-state index contributed by atoms with van der Waals surface area (Å²) in [7, 11) is 0. The Hall–Kier alpha value is -3.78. The van der Waals surface area contributed by atoms with Crippen molar-refractivity contribution in [3.8, 4) is 5.82 Å². The molecule has 3 aromatic heterocycles. The van der Waals surface area contributed by atoms with Gasteiger partial charge in [0.2, 0.25) is 0 Å². The van der Waals surface area contributed by atoms with E-state index in [1.165, 1.54) is 6.20 Å². The van der Waals surface area contributed by atoms with E-state index in [0.29, 0.717) is 16.0 Å². The van der Waals surface area contributed by atoms with E-state index in [0.717, 1.165) is 21.9 Å². The lowest BCUT2D eigenvalue weighted by molar-refractivity contribution is -0.141. The van der Waals surface area contributed by atoms with E-state index in [4.69, 9.17) is 9.97 Å². The molecule has 0 spiro atoms. The number of rotatable bonds is 5. The summed E-state index contributed by atoms with van der Waals surface area (Å²) in [4.78, 5) is 9.67. The summed E-state index contributed by atoms with van der Waals surface area (Å²) in [6.45, 7) is 0. The van der Waals surface area contributed by atoms with Crippen molar-refractivity contribution < 1.29 is 13.2 Å². The van der Waals surface area contributed by atoms with Gasteiger partial charge in [-0.3, -0.25) is 0 Å². The second-order valence-electron chi connectivity index (χ2n) is 7.85. The predicted molar refractivity (Wildman–Crippen MR) is 130 cm³/mol. The average molecular weight is 535 g/mol. The van der Waals surface area contributed by atoms with Gasteiger partial charge in [0.1, 0.15) is 10.0 Å². The van der Waals surface area contributed by atoms with Gasteiger partial charge in [0, 0.05) is 6.20 Å². The van der Waals surface area contributed by atoms with E-state index in [2.05, 4.69) is 21.0 Å². The number of pyridine rings is 2. The van der Waals surface area contributed by atoms with Crippen LogP contribution in [0.2, 0.25) is 0 Å². The predicted octanol–water partition coefficient (Wildman–Crippen LogP) is 6.83. The molecule has 0 aliphatic carbocycles. The minimum Gasteiger partial charge on any atom is -0.244 e. The van der Waals surface area contributed by atoms with Gasteiger partial charge in [-0.25, -0.2) is 14.6 Å². The van der Waals surface area contributed by atoms with Gasteiger partial charge in [0.25, 0.3) is 0 Å². The van der Waals surface area contributed by atoms with Gasteiger partial charge >= 0.3 is 6.18 Å². The molecule has 5 rings (SSSR count). The molecule has 0 bridgehead atoms. The summed E-state index contributed by atoms with van der Waals surface area (Å²) in [6, 6.07) is 31.5. The van der Waals surface area contributed by atoms with Crippen molar-refractivity contribution in [1.82, 2.24) is 19.7 Å². The third-order valence-corrected chi connectivity index (χ3v) is 6.19. The Labute approximate surface area is 208 Å². The fraction of sp³-hybridized carbons (Fsp3) is 0.0741. The molecule has 0 atom stereocenters. The number of aromatic nitrogens is 4. The summed E-state index contributed by atoms with van der Waals surface area (Å²) in [5.74, 6) is 0.268. The van der Waals surface area contributed by atoms with Crippen LogP contribution >= 0.6 is 15.9 Å². The Kier molecular flexibility index (Phi) is 5.98. The molecule has 0 amide bonds. The van der Waals surface area contributed by atoms with Gasteiger partial charge < -0.3 is 0 Å². The zero-order chi connectivity index (χ0) is 24.5. The largest absolute Gasteiger partial charge is 0.435 e. The van der Waals surface area contributed by atoms with Crippen molar-refractivity contribution in [2.75, 3.05) is 0 Å². The first-order chi connectivity index (χ1) is 16.9. The molecule has 2 aromatic carbocycles. The number of alkyl halides is 3. The molecule has 0 fully saturated rings. The first-order valence-electron chi connectivity index (χ1n) is 10.7. The molecule has 0 saturated heterocycles. The van der Waals surface area contributed by atoms with Crippen molar-refractivity contribution in [2.45, 2.75) is 11.6 Å². The number of hydrogen-bond acceptors (Lipinski definition) is 3. The van der Waals surface area contributed by atoms with Gasteiger partial charge in [0.15, 0.2) is 11.5 Å². The number of benzene rings is 2. The van der Waals surface area contributed by atoms with Crippen LogP contribution in [-0.4, -0.2) is 19.7 Å². The van der Waals surface area contributed by atoms with E-state index >= 15 is 0 Å². The fourth-order valence-electron chi connectivity index (χ4n) is 4.25. The molecular weight excluding hydrogens is 517 g/mol. The first kappa shape index (κ1) is 23.0. The molecule has 8 heteroatoms. The molecule has 3 heterocycles. The third-order valence-electron chi connectivity index (χ3n) is 5.75. The Balaban J connectivity index is 1.81. The number of halogens is 4. The zero-order valence-electron chi connectivity index (χ0n) is 18.2. The molecule has 4 nitrogen and oxygen atoms in total. The van der Waals surface area contributed by atoms with E-state index in [1.54, 1.807) is 12.1 Å². The maximum atomic E-state index is 13.2. The number of nitrogens with zero attached hydrogens (tertiary/aromatic N) is 4. The monoisotopic (exact) mass is 534 g/mol. The van der Waals surface area contributed by atoms with Crippen molar-refractivity contribution in [3.63, 3.8) is 0 Å². The van der Waals surface area contributed by atoms with Gasteiger partial charge in [-0.05, 0) is 57.4 Å². The molecule has 0 aliphatic heterocycles. The Morgan fingerprint density at radius 3 is 1.71 bits per heavy atom. The normalized spacial score (nSPS) is 12.0. The van der Waals surface area contributed by atoms with Crippen LogP contribution in [0.5, 0.6) is 0 Å². The summed E-state index contributed by atoms with van der Waals surface area (Å²) in [6.07, 6.45) is -3.28. The van der Waals surface area contributed by atoms with Crippen LogP contribution < -0.4 is 0 Å². The molecule has 0 N–H and O–H groups in total. The summed E-state index contributed by atoms with van der Waals surface area (Å²) in [5, 5.41) is 3.71. The van der Waals surface area contributed by atoms with E-state index in [1.807, 2.05) is 84.9 Å². The van der Waals surface area contributed by atoms with Crippen LogP contribution in [0.15, 0.2) is 114 Å². The highest BCUT2D eigenvalue weighted by Gasteiger charge is 2.41. The van der Waals surface area contributed by atoms with Gasteiger partial charge in [0.05, 0.1) is 11.4 Å². The second kappa shape index (κ2) is 9.11. The van der Waals surface area contributed by atoms with Crippen LogP contribution in [0.25, 0.3) is 5.82 Å². The minimum absolute atomic E-state index is 0.268. The second-order valence-corrected chi connectivity index (χ2v) is 8.66. The van der Waals surface area contributed by atoms with E-state index < -0.39 is 17.3 Å². The Morgan fingerprint density at radius 2 is 1.17 bits per heavy atom. The molecule has 0 radical (unpaired) electrons. The first-order valence-corrected chi connectivity index (χ1v) is 11.5. The fourth-order valence-corrected chi connectivity index (χ4v) is 4.59. The third kappa shape index (κ3) is 4.25. The molecule has 174 valence electrons. The summed E-state index contributed by atoms with van der Waals surface area (Å²) >= 11 is 3.49. The van der Waals surface area contributed by atoms with Crippen LogP contribution in [0.3, 0.4) is 0 Å². The summed E-state index contributed by atoms with van der Waals surface area (Å²) in [5.41, 5.74) is 1.22. The van der Waals surface area contributed by atoms with Crippen LogP contribution in [-0.2, 0) is 11.6 Å². The molecule has 0 saturated carbocycles. The van der Waals surface area contributed by atoms with Crippen LogP contribution in [0, 0.1) is 0 Å². The molecule has 0 unspecified atom stereocenters. The van der Waals surface area contributed by atoms with Crippen molar-refractivity contribution in [3.05, 3.63) is 142 Å². The lowest BCUT2D eigenvalue weighted by atomic mass is 9.69. The van der Waals surface area contributed by atoms with Gasteiger partial charge in [-0.2, -0.15) is 18.3 Å². The Bertz CT molecular complexity index is 1410. The standard InChI is InChI=1S/C27H18BrF3N4/c28-24-15-7-13-21(32-24)26(19-9-3-1-4-10-19,20-11-5-2-6-12-20)22-14-8-16-25(33-22)35-18-17-23(34-35)27(29,30)31/h1-18H. The maximum Gasteiger partial charge on any atom is 0.435 e. The quantitative estimate of drug-likeness (QED) is 0.232. The highest BCUT2D eigenvalue weighted by Crippen LogP contribution is 2.44. The molecule has 0 aliphatic rings.